The van der Waals surface area contributed by atoms with Crippen LogP contribution in [0.2, 0.25) is 0 Å². The molecule has 1 amide bonds. The summed E-state index contributed by atoms with van der Waals surface area (Å²) >= 11 is 0. The van der Waals surface area contributed by atoms with Crippen LogP contribution in [0.3, 0.4) is 0 Å². The summed E-state index contributed by atoms with van der Waals surface area (Å²) in [4.78, 5) is 11.6. The molecule has 1 heterocycles. The van der Waals surface area contributed by atoms with Gasteiger partial charge in [0.1, 0.15) is 5.60 Å². The first-order chi connectivity index (χ1) is 7.42. The number of hydrogen-bond acceptors (Lipinski definition) is 4. The van der Waals surface area contributed by atoms with Crippen LogP contribution in [0.1, 0.15) is 20.8 Å². The molecule has 0 spiro atoms. The lowest BCUT2D eigenvalue weighted by Gasteiger charge is -2.23. The van der Waals surface area contributed by atoms with Gasteiger partial charge in [0.2, 0.25) is 0 Å². The number of carbonyl (C=O) groups is 1. The first-order valence-corrected chi connectivity index (χ1v) is 5.61. The van der Waals surface area contributed by atoms with Gasteiger partial charge in [0.15, 0.2) is 0 Å². The maximum atomic E-state index is 11.6. The summed E-state index contributed by atoms with van der Waals surface area (Å²) in [5, 5.41) is 6.09. The molecule has 1 rings (SSSR count). The van der Waals surface area contributed by atoms with Gasteiger partial charge in [0.25, 0.3) is 0 Å². The van der Waals surface area contributed by atoms with Gasteiger partial charge in [-0.2, -0.15) is 0 Å². The number of methoxy groups -OCH3 is 1. The Labute approximate surface area is 96.9 Å². The zero-order chi connectivity index (χ0) is 12.2. The second-order valence-corrected chi connectivity index (χ2v) is 5.13. The molecule has 0 saturated carbocycles. The van der Waals surface area contributed by atoms with Gasteiger partial charge in [-0.3, -0.25) is 0 Å². The van der Waals surface area contributed by atoms with Crippen LogP contribution in [0.15, 0.2) is 0 Å². The van der Waals surface area contributed by atoms with Gasteiger partial charge in [0.05, 0.1) is 12.6 Å². The molecule has 0 aromatic rings. The fraction of sp³-hybridized carbons (Fsp3) is 0.909. The van der Waals surface area contributed by atoms with E-state index in [2.05, 4.69) is 10.6 Å². The standard InChI is InChI=1S/C11H22N2O3/c1-11(2,3)16-10(14)13-9-6-12-5-8(9)7-15-4/h8-9,12H,5-7H2,1-4H3,(H,13,14)/t8-,9-/m1/s1. The average Bonchev–Trinajstić information content (AvgIpc) is 2.50. The highest BCUT2D eigenvalue weighted by Crippen LogP contribution is 2.11. The van der Waals surface area contributed by atoms with Gasteiger partial charge >= 0.3 is 6.09 Å². The Morgan fingerprint density at radius 2 is 2.12 bits per heavy atom. The number of amides is 1. The largest absolute Gasteiger partial charge is 0.444 e. The Hall–Kier alpha value is -0.810. The minimum atomic E-state index is -0.452. The molecular formula is C11H22N2O3. The van der Waals surface area contributed by atoms with E-state index in [1.165, 1.54) is 0 Å². The van der Waals surface area contributed by atoms with E-state index < -0.39 is 5.60 Å². The van der Waals surface area contributed by atoms with Crippen molar-refractivity contribution in [2.24, 2.45) is 5.92 Å². The molecule has 5 nitrogen and oxygen atoms in total. The van der Waals surface area contributed by atoms with Crippen molar-refractivity contribution in [3.8, 4) is 0 Å². The minimum Gasteiger partial charge on any atom is -0.444 e. The van der Waals surface area contributed by atoms with Crippen molar-refractivity contribution in [2.75, 3.05) is 26.8 Å². The molecule has 0 aliphatic carbocycles. The van der Waals surface area contributed by atoms with Gasteiger partial charge in [-0.1, -0.05) is 0 Å². The predicted molar refractivity (Wildman–Crippen MR) is 61.4 cm³/mol. The summed E-state index contributed by atoms with van der Waals surface area (Å²) in [5.74, 6) is 0.317. The normalized spacial score (nSPS) is 25.5. The van der Waals surface area contributed by atoms with Gasteiger partial charge < -0.3 is 20.1 Å². The van der Waals surface area contributed by atoms with Crippen LogP contribution >= 0.6 is 0 Å². The van der Waals surface area contributed by atoms with Crippen molar-refractivity contribution in [1.82, 2.24) is 10.6 Å². The molecule has 1 saturated heterocycles. The summed E-state index contributed by atoms with van der Waals surface area (Å²) < 4.78 is 10.3. The first kappa shape index (κ1) is 13.3. The third-order valence-corrected chi connectivity index (χ3v) is 2.42. The van der Waals surface area contributed by atoms with Gasteiger partial charge in [-0.05, 0) is 20.8 Å². The number of rotatable bonds is 3. The Balaban J connectivity index is 2.38. The predicted octanol–water partition coefficient (Wildman–Crippen LogP) is 0.745. The van der Waals surface area contributed by atoms with E-state index in [0.29, 0.717) is 12.5 Å². The minimum absolute atomic E-state index is 0.0924. The maximum Gasteiger partial charge on any atom is 0.407 e. The molecule has 0 bridgehead atoms. The van der Waals surface area contributed by atoms with E-state index in [4.69, 9.17) is 9.47 Å². The first-order valence-electron chi connectivity index (χ1n) is 5.61. The molecule has 94 valence electrons. The molecular weight excluding hydrogens is 208 g/mol. The number of ether oxygens (including phenoxy) is 2. The van der Waals surface area contributed by atoms with Gasteiger partial charge in [-0.15, -0.1) is 0 Å². The van der Waals surface area contributed by atoms with Crippen molar-refractivity contribution >= 4 is 6.09 Å². The number of alkyl carbamates (subject to hydrolysis) is 1. The Morgan fingerprint density at radius 1 is 1.44 bits per heavy atom. The van der Waals surface area contributed by atoms with Gasteiger partial charge in [0, 0.05) is 26.1 Å². The molecule has 2 N–H and O–H groups in total. The second kappa shape index (κ2) is 5.50. The molecule has 0 radical (unpaired) electrons. The number of carbonyl (C=O) groups excluding carboxylic acids is 1. The molecule has 5 heteroatoms. The highest BCUT2D eigenvalue weighted by molar-refractivity contribution is 5.68. The summed E-state index contributed by atoms with van der Waals surface area (Å²) in [7, 11) is 1.67. The lowest BCUT2D eigenvalue weighted by molar-refractivity contribution is 0.0480. The maximum absolute atomic E-state index is 11.6. The van der Waals surface area contributed by atoms with Crippen LogP contribution in [0.5, 0.6) is 0 Å². The van der Waals surface area contributed by atoms with E-state index in [1.807, 2.05) is 20.8 Å². The van der Waals surface area contributed by atoms with Crippen molar-refractivity contribution in [3.63, 3.8) is 0 Å². The fourth-order valence-corrected chi connectivity index (χ4v) is 1.75. The van der Waals surface area contributed by atoms with Crippen molar-refractivity contribution in [1.29, 1.82) is 0 Å². The third kappa shape index (κ3) is 4.37. The SMILES string of the molecule is COC[C@H]1CNC[C@H]1NC(=O)OC(C)(C)C. The zero-order valence-corrected chi connectivity index (χ0v) is 10.5. The summed E-state index contributed by atoms with van der Waals surface area (Å²) in [6.45, 7) is 7.85. The third-order valence-electron chi connectivity index (χ3n) is 2.42. The lowest BCUT2D eigenvalue weighted by atomic mass is 10.1. The van der Waals surface area contributed by atoms with Crippen LogP contribution in [-0.4, -0.2) is 44.5 Å². The van der Waals surface area contributed by atoms with Crippen molar-refractivity contribution in [3.05, 3.63) is 0 Å². The molecule has 0 aromatic carbocycles. The van der Waals surface area contributed by atoms with Crippen LogP contribution in [0.25, 0.3) is 0 Å². The molecule has 0 aromatic heterocycles. The van der Waals surface area contributed by atoms with Crippen LogP contribution in [0, 0.1) is 5.92 Å². The molecule has 16 heavy (non-hydrogen) atoms. The fourth-order valence-electron chi connectivity index (χ4n) is 1.75. The number of hydrogen-bond donors (Lipinski definition) is 2. The average molecular weight is 230 g/mol. The van der Waals surface area contributed by atoms with E-state index >= 15 is 0 Å². The van der Waals surface area contributed by atoms with E-state index in [0.717, 1.165) is 13.1 Å². The molecule has 0 unspecified atom stereocenters. The smallest absolute Gasteiger partial charge is 0.407 e. The van der Waals surface area contributed by atoms with E-state index in [1.54, 1.807) is 7.11 Å². The molecule has 1 fully saturated rings. The molecule has 1 aliphatic heterocycles. The van der Waals surface area contributed by atoms with Crippen LogP contribution in [-0.2, 0) is 9.47 Å². The quantitative estimate of drug-likeness (QED) is 0.751. The Kier molecular flexibility index (Phi) is 4.56. The zero-order valence-electron chi connectivity index (χ0n) is 10.5. The second-order valence-electron chi connectivity index (χ2n) is 5.13. The Bertz CT molecular complexity index is 238. The van der Waals surface area contributed by atoms with Crippen LogP contribution in [0.4, 0.5) is 4.79 Å². The monoisotopic (exact) mass is 230 g/mol. The number of nitrogens with one attached hydrogen (secondary N) is 2. The molecule has 1 aliphatic rings. The van der Waals surface area contributed by atoms with Gasteiger partial charge in [-0.25, -0.2) is 4.79 Å². The summed E-state index contributed by atoms with van der Waals surface area (Å²) in [6.07, 6.45) is -0.359. The Morgan fingerprint density at radius 3 is 2.69 bits per heavy atom. The van der Waals surface area contributed by atoms with Crippen molar-refractivity contribution in [2.45, 2.75) is 32.4 Å². The van der Waals surface area contributed by atoms with Crippen molar-refractivity contribution < 1.29 is 14.3 Å². The lowest BCUT2D eigenvalue weighted by Crippen LogP contribution is -2.44. The summed E-state index contributed by atoms with van der Waals surface area (Å²) in [5.41, 5.74) is -0.452. The topological polar surface area (TPSA) is 59.6 Å². The van der Waals surface area contributed by atoms with E-state index in [9.17, 15) is 4.79 Å². The highest BCUT2D eigenvalue weighted by atomic mass is 16.6. The highest BCUT2D eigenvalue weighted by Gasteiger charge is 2.29. The van der Waals surface area contributed by atoms with Crippen LogP contribution < -0.4 is 10.6 Å². The van der Waals surface area contributed by atoms with E-state index in [-0.39, 0.29) is 12.1 Å². The molecule has 2 atom stereocenters. The summed E-state index contributed by atoms with van der Waals surface area (Å²) in [6, 6.07) is 0.0924.